The molecule has 2 rings (SSSR count). The monoisotopic (exact) mass is 305 g/mol. The van der Waals surface area contributed by atoms with E-state index >= 15 is 0 Å². The molecule has 106 valence electrons. The van der Waals surface area contributed by atoms with Crippen LogP contribution in [0.4, 0.5) is 10.7 Å². The van der Waals surface area contributed by atoms with Gasteiger partial charge in [0, 0.05) is 12.6 Å². The average molecular weight is 305 g/mol. The molecule has 0 unspecified atom stereocenters. The lowest BCUT2D eigenvalue weighted by atomic mass is 10.2. The number of hydrogen-bond acceptors (Lipinski definition) is 6. The number of hydrogen-bond donors (Lipinski definition) is 2. The first-order valence-corrected chi connectivity index (χ1v) is 8.23. The Morgan fingerprint density at radius 2 is 2.21 bits per heavy atom. The van der Waals surface area contributed by atoms with Gasteiger partial charge in [0.05, 0.1) is 4.92 Å². The number of nitrogens with one attached hydrogen (secondary N) is 1. The zero-order chi connectivity index (χ0) is 14.0. The van der Waals surface area contributed by atoms with Crippen LogP contribution in [0.25, 0.3) is 0 Å². The molecule has 1 fully saturated rings. The van der Waals surface area contributed by atoms with E-state index in [9.17, 15) is 18.5 Å². The van der Waals surface area contributed by atoms with Gasteiger partial charge >= 0.3 is 5.69 Å². The number of rotatable bonds is 7. The fourth-order valence-corrected chi connectivity index (χ4v) is 4.06. The van der Waals surface area contributed by atoms with Crippen LogP contribution >= 0.6 is 11.3 Å². The molecule has 1 aromatic rings. The fourth-order valence-electron chi connectivity index (χ4n) is 1.72. The third kappa shape index (κ3) is 3.64. The van der Waals surface area contributed by atoms with Crippen LogP contribution in [0, 0.1) is 16.0 Å². The molecule has 0 spiro atoms. The molecule has 0 amide bonds. The summed E-state index contributed by atoms with van der Waals surface area (Å²) in [6.07, 6.45) is 4.28. The van der Waals surface area contributed by atoms with Gasteiger partial charge < -0.3 is 5.73 Å². The van der Waals surface area contributed by atoms with Crippen LogP contribution in [0.1, 0.15) is 25.7 Å². The molecule has 9 heteroatoms. The Kier molecular flexibility index (Phi) is 4.07. The molecule has 0 atom stereocenters. The lowest BCUT2D eigenvalue weighted by Crippen LogP contribution is -2.24. The van der Waals surface area contributed by atoms with Gasteiger partial charge in [-0.05, 0) is 18.8 Å². The highest BCUT2D eigenvalue weighted by Crippen LogP contribution is 2.35. The first-order chi connectivity index (χ1) is 8.90. The minimum atomic E-state index is -3.69. The van der Waals surface area contributed by atoms with E-state index in [4.69, 9.17) is 5.73 Å². The zero-order valence-corrected chi connectivity index (χ0v) is 11.8. The summed E-state index contributed by atoms with van der Waals surface area (Å²) in [6, 6.07) is 1.00. The summed E-state index contributed by atoms with van der Waals surface area (Å²) >= 11 is 0.712. The Balaban J connectivity index is 1.97. The smallest absolute Gasteiger partial charge is 0.304 e. The molecule has 3 N–H and O–H groups in total. The van der Waals surface area contributed by atoms with Crippen molar-refractivity contribution in [1.29, 1.82) is 0 Å². The Labute approximate surface area is 115 Å². The molecule has 0 saturated heterocycles. The van der Waals surface area contributed by atoms with Crippen molar-refractivity contribution in [2.45, 2.75) is 29.9 Å². The van der Waals surface area contributed by atoms with Crippen molar-refractivity contribution in [1.82, 2.24) is 4.72 Å². The van der Waals surface area contributed by atoms with E-state index in [1.165, 1.54) is 12.8 Å². The lowest BCUT2D eigenvalue weighted by Gasteiger charge is -2.03. The van der Waals surface area contributed by atoms with Crippen molar-refractivity contribution in [3.63, 3.8) is 0 Å². The lowest BCUT2D eigenvalue weighted by molar-refractivity contribution is -0.383. The summed E-state index contributed by atoms with van der Waals surface area (Å²) < 4.78 is 26.1. The second-order valence-corrected chi connectivity index (χ2v) is 7.63. The summed E-state index contributed by atoms with van der Waals surface area (Å²) in [4.78, 5) is 9.94. The van der Waals surface area contributed by atoms with Crippen LogP contribution in [0.15, 0.2) is 10.3 Å². The van der Waals surface area contributed by atoms with E-state index in [1.807, 2.05) is 0 Å². The first kappa shape index (κ1) is 14.2. The molecule has 7 nitrogen and oxygen atoms in total. The van der Waals surface area contributed by atoms with Gasteiger partial charge in [-0.25, -0.2) is 13.1 Å². The average Bonchev–Trinajstić information content (AvgIpc) is 3.05. The van der Waals surface area contributed by atoms with Crippen LogP contribution in [0.5, 0.6) is 0 Å². The molecule has 19 heavy (non-hydrogen) atoms. The van der Waals surface area contributed by atoms with Gasteiger partial charge in [-0.15, -0.1) is 0 Å². The van der Waals surface area contributed by atoms with E-state index < -0.39 is 14.9 Å². The third-order valence-corrected chi connectivity index (χ3v) is 5.85. The van der Waals surface area contributed by atoms with Crippen LogP contribution in [0.3, 0.4) is 0 Å². The number of nitrogens with two attached hydrogens (primary N) is 1. The van der Waals surface area contributed by atoms with Gasteiger partial charge in [0.2, 0.25) is 10.0 Å². The molecular formula is C10H15N3O4S2. The SMILES string of the molecule is Nc1sc(S(=O)(=O)NCCCC2CC2)cc1[N+](=O)[O-]. The number of sulfonamides is 1. The molecule has 1 aliphatic carbocycles. The number of nitrogen functional groups attached to an aromatic ring is 1. The van der Waals surface area contributed by atoms with Crippen LogP contribution in [-0.2, 0) is 10.0 Å². The van der Waals surface area contributed by atoms with E-state index in [0.29, 0.717) is 17.9 Å². The summed E-state index contributed by atoms with van der Waals surface area (Å²) in [7, 11) is -3.69. The maximum atomic E-state index is 11.9. The van der Waals surface area contributed by atoms with Crippen LogP contribution in [-0.4, -0.2) is 19.9 Å². The molecule has 1 saturated carbocycles. The van der Waals surface area contributed by atoms with Crippen LogP contribution in [0.2, 0.25) is 0 Å². The number of nitrogens with zero attached hydrogens (tertiary/aromatic N) is 1. The minimum Gasteiger partial charge on any atom is -0.385 e. The normalized spacial score (nSPS) is 15.6. The number of nitro groups is 1. The van der Waals surface area contributed by atoms with E-state index in [2.05, 4.69) is 4.72 Å². The highest BCUT2D eigenvalue weighted by atomic mass is 32.2. The van der Waals surface area contributed by atoms with E-state index in [-0.39, 0.29) is 14.9 Å². The standard InChI is InChI=1S/C10H15N3O4S2/c11-10-8(13(14)15)6-9(18-10)19(16,17)12-5-1-2-7-3-4-7/h6-7,12H,1-5,11H2. The molecule has 1 aromatic heterocycles. The van der Waals surface area contributed by atoms with Gasteiger partial charge in [0.25, 0.3) is 0 Å². The minimum absolute atomic E-state index is 0.0941. The third-order valence-electron chi connectivity index (χ3n) is 2.96. The van der Waals surface area contributed by atoms with Crippen molar-refractivity contribution in [3.05, 3.63) is 16.2 Å². The fraction of sp³-hybridized carbons (Fsp3) is 0.600. The van der Waals surface area contributed by atoms with Crippen molar-refractivity contribution >= 4 is 32.0 Å². The highest BCUT2D eigenvalue weighted by Gasteiger charge is 2.25. The van der Waals surface area contributed by atoms with Gasteiger partial charge in [-0.1, -0.05) is 24.2 Å². The van der Waals surface area contributed by atoms with Crippen molar-refractivity contribution < 1.29 is 13.3 Å². The molecule has 0 radical (unpaired) electrons. The number of thiophene rings is 1. The molecule has 1 heterocycles. The second kappa shape index (κ2) is 5.43. The topological polar surface area (TPSA) is 115 Å². The van der Waals surface area contributed by atoms with E-state index in [1.54, 1.807) is 0 Å². The molecule has 0 aliphatic heterocycles. The van der Waals surface area contributed by atoms with Crippen molar-refractivity contribution in [2.24, 2.45) is 5.92 Å². The predicted molar refractivity (Wildman–Crippen MR) is 72.5 cm³/mol. The van der Waals surface area contributed by atoms with Gasteiger partial charge in [-0.3, -0.25) is 10.1 Å². The van der Waals surface area contributed by atoms with Gasteiger partial charge in [0.1, 0.15) is 4.21 Å². The maximum absolute atomic E-state index is 11.9. The van der Waals surface area contributed by atoms with Crippen molar-refractivity contribution in [3.8, 4) is 0 Å². The Hall–Kier alpha value is -1.19. The van der Waals surface area contributed by atoms with Crippen LogP contribution < -0.4 is 10.5 Å². The number of anilines is 1. The summed E-state index contributed by atoms with van der Waals surface area (Å²) in [5.41, 5.74) is 5.07. The molecule has 0 aromatic carbocycles. The maximum Gasteiger partial charge on any atom is 0.304 e. The van der Waals surface area contributed by atoms with Gasteiger partial charge in [-0.2, -0.15) is 0 Å². The molecular weight excluding hydrogens is 290 g/mol. The Bertz CT molecular complexity index is 578. The van der Waals surface area contributed by atoms with Gasteiger partial charge in [0.15, 0.2) is 5.00 Å². The molecule has 0 bridgehead atoms. The Morgan fingerprint density at radius 1 is 1.53 bits per heavy atom. The summed E-state index contributed by atoms with van der Waals surface area (Å²) in [5.74, 6) is 0.753. The van der Waals surface area contributed by atoms with E-state index in [0.717, 1.165) is 24.8 Å². The summed E-state index contributed by atoms with van der Waals surface area (Å²) in [5, 5.41) is 10.5. The quantitative estimate of drug-likeness (QED) is 0.452. The zero-order valence-electron chi connectivity index (χ0n) is 10.2. The van der Waals surface area contributed by atoms with Crippen molar-refractivity contribution in [2.75, 3.05) is 12.3 Å². The first-order valence-electron chi connectivity index (χ1n) is 5.93. The summed E-state index contributed by atoms with van der Waals surface area (Å²) in [6.45, 7) is 0.352. The molecule has 1 aliphatic rings. The predicted octanol–water partition coefficient (Wildman–Crippen LogP) is 1.71. The highest BCUT2D eigenvalue weighted by molar-refractivity contribution is 7.91. The largest absolute Gasteiger partial charge is 0.385 e. The Morgan fingerprint density at radius 3 is 2.74 bits per heavy atom. The second-order valence-electron chi connectivity index (χ2n) is 4.56.